The number of carbonyl (C=O) groups excluding carboxylic acids is 2. The molecular weight excluding hydrogens is 737 g/mol. The zero-order valence-corrected chi connectivity index (χ0v) is 30.8. The molecule has 0 aromatic heterocycles. The number of halogens is 3. The van der Waals surface area contributed by atoms with Crippen molar-refractivity contribution in [2.45, 2.75) is 44.7 Å². The van der Waals surface area contributed by atoms with Crippen molar-refractivity contribution in [2.24, 2.45) is 5.92 Å². The maximum atomic E-state index is 14.6. The first-order valence-electron chi connectivity index (χ1n) is 15.4. The van der Waals surface area contributed by atoms with Crippen LogP contribution in [0.1, 0.15) is 31.9 Å². The van der Waals surface area contributed by atoms with Gasteiger partial charge in [0.2, 0.25) is 11.8 Å². The largest absolute Gasteiger partial charge is 0.494 e. The topological polar surface area (TPSA) is 96.0 Å². The molecule has 4 rings (SSSR count). The van der Waals surface area contributed by atoms with Gasteiger partial charge in [-0.3, -0.25) is 13.9 Å². The van der Waals surface area contributed by atoms with Gasteiger partial charge in [-0.15, -0.1) is 0 Å². The summed E-state index contributed by atoms with van der Waals surface area (Å²) in [5.74, 6) is -0.254. The number of anilines is 1. The number of carbonyl (C=O) groups is 2. The highest BCUT2D eigenvalue weighted by molar-refractivity contribution is 9.10. The van der Waals surface area contributed by atoms with Gasteiger partial charge in [-0.25, -0.2) is 8.42 Å². The van der Waals surface area contributed by atoms with Crippen LogP contribution in [0.5, 0.6) is 5.75 Å². The summed E-state index contributed by atoms with van der Waals surface area (Å²) in [5.41, 5.74) is 1.63. The molecule has 1 unspecified atom stereocenters. The second kappa shape index (κ2) is 17.2. The second-order valence-electron chi connectivity index (χ2n) is 11.5. The molecule has 0 aliphatic heterocycles. The Hall–Kier alpha value is -3.57. The monoisotopic (exact) mass is 773 g/mol. The van der Waals surface area contributed by atoms with Crippen LogP contribution in [0.15, 0.2) is 106 Å². The van der Waals surface area contributed by atoms with E-state index in [1.54, 1.807) is 54.6 Å². The SMILES string of the molecule is CCOc1ccc(N(CC(=O)N(Cc2ccc(Cl)cc2Cl)C(Cc2ccccc2)C(=O)NCC(C)C)S(=O)(=O)c2ccc(Br)cc2)cc1. The average molecular weight is 776 g/mol. The standard InChI is InChI=1S/C36H38BrCl2N3O5S/c1-4-47-31-16-14-30(15-17-31)42(48(45,46)32-18-11-28(37)12-19-32)24-35(43)41(23-27-10-13-29(38)21-33(27)39)34(36(44)40-22-25(2)3)20-26-8-6-5-7-9-26/h5-19,21,25,34H,4,20,22-24H2,1-3H3,(H,40,44). The van der Waals surface area contributed by atoms with E-state index >= 15 is 0 Å². The lowest BCUT2D eigenvalue weighted by Crippen LogP contribution is -2.53. The van der Waals surface area contributed by atoms with E-state index in [0.717, 1.165) is 9.87 Å². The summed E-state index contributed by atoms with van der Waals surface area (Å²) in [5, 5.41) is 3.70. The zero-order chi connectivity index (χ0) is 34.8. The molecule has 0 fully saturated rings. The van der Waals surface area contributed by atoms with Gasteiger partial charge in [0, 0.05) is 34.0 Å². The first-order chi connectivity index (χ1) is 22.9. The van der Waals surface area contributed by atoms with Crippen molar-refractivity contribution in [2.75, 3.05) is 24.0 Å². The lowest BCUT2D eigenvalue weighted by atomic mass is 10.0. The normalized spacial score (nSPS) is 12.0. The number of benzene rings is 4. The van der Waals surface area contributed by atoms with E-state index in [1.807, 2.05) is 51.1 Å². The van der Waals surface area contributed by atoms with E-state index in [4.69, 9.17) is 27.9 Å². The number of ether oxygens (including phenoxy) is 1. The molecule has 0 aliphatic carbocycles. The number of nitrogens with zero attached hydrogens (tertiary/aromatic N) is 2. The van der Waals surface area contributed by atoms with Gasteiger partial charge in [0.25, 0.3) is 10.0 Å². The smallest absolute Gasteiger partial charge is 0.264 e. The Labute approximate surface area is 301 Å². The van der Waals surface area contributed by atoms with Crippen molar-refractivity contribution in [3.05, 3.63) is 123 Å². The van der Waals surface area contributed by atoms with Crippen LogP contribution in [0.2, 0.25) is 10.0 Å². The van der Waals surface area contributed by atoms with E-state index in [9.17, 15) is 18.0 Å². The molecule has 1 atom stereocenters. The summed E-state index contributed by atoms with van der Waals surface area (Å²) < 4.78 is 35.8. The fourth-order valence-corrected chi connectivity index (χ4v) is 7.09. The molecule has 8 nitrogen and oxygen atoms in total. The van der Waals surface area contributed by atoms with Crippen molar-refractivity contribution in [1.82, 2.24) is 10.2 Å². The fraction of sp³-hybridized carbons (Fsp3) is 0.278. The molecule has 48 heavy (non-hydrogen) atoms. The van der Waals surface area contributed by atoms with Gasteiger partial charge in [0.1, 0.15) is 18.3 Å². The predicted octanol–water partition coefficient (Wildman–Crippen LogP) is 7.76. The van der Waals surface area contributed by atoms with Crippen molar-refractivity contribution in [1.29, 1.82) is 0 Å². The Morgan fingerprint density at radius 3 is 2.19 bits per heavy atom. The molecule has 0 radical (unpaired) electrons. The highest BCUT2D eigenvalue weighted by Gasteiger charge is 2.35. The third kappa shape index (κ3) is 9.98. The molecule has 2 amide bonds. The highest BCUT2D eigenvalue weighted by atomic mass is 79.9. The molecule has 4 aromatic rings. The van der Waals surface area contributed by atoms with E-state index < -0.39 is 28.5 Å². The molecule has 0 saturated carbocycles. The number of nitrogens with one attached hydrogen (secondary N) is 1. The van der Waals surface area contributed by atoms with Crippen LogP contribution in [0.25, 0.3) is 0 Å². The molecule has 4 aromatic carbocycles. The molecule has 254 valence electrons. The van der Waals surface area contributed by atoms with Gasteiger partial charge in [-0.2, -0.15) is 0 Å². The molecule has 0 bridgehead atoms. The van der Waals surface area contributed by atoms with Crippen molar-refractivity contribution in [3.8, 4) is 5.75 Å². The van der Waals surface area contributed by atoms with Gasteiger partial charge in [0.15, 0.2) is 0 Å². The van der Waals surface area contributed by atoms with E-state index in [0.29, 0.717) is 39.0 Å². The number of sulfonamides is 1. The summed E-state index contributed by atoms with van der Waals surface area (Å²) in [7, 11) is -4.26. The van der Waals surface area contributed by atoms with E-state index in [-0.39, 0.29) is 35.4 Å². The summed E-state index contributed by atoms with van der Waals surface area (Å²) in [4.78, 5) is 29.9. The highest BCUT2D eigenvalue weighted by Crippen LogP contribution is 2.29. The van der Waals surface area contributed by atoms with Crippen LogP contribution in [-0.2, 0) is 32.6 Å². The summed E-state index contributed by atoms with van der Waals surface area (Å²) in [6.07, 6.45) is 0.185. The van der Waals surface area contributed by atoms with Gasteiger partial charge in [-0.05, 0) is 84.6 Å². The third-order valence-corrected chi connectivity index (χ3v) is 10.3. The number of rotatable bonds is 15. The fourth-order valence-electron chi connectivity index (χ4n) is 4.95. The average Bonchev–Trinajstić information content (AvgIpc) is 3.06. The Kier molecular flexibility index (Phi) is 13.3. The molecule has 0 saturated heterocycles. The van der Waals surface area contributed by atoms with Gasteiger partial charge in [0.05, 0.1) is 17.2 Å². The maximum absolute atomic E-state index is 14.6. The Bertz CT molecular complexity index is 1790. The third-order valence-electron chi connectivity index (χ3n) is 7.43. The van der Waals surface area contributed by atoms with Crippen molar-refractivity contribution < 1.29 is 22.7 Å². The minimum Gasteiger partial charge on any atom is -0.494 e. The summed E-state index contributed by atoms with van der Waals surface area (Å²) >= 11 is 16.1. The van der Waals surface area contributed by atoms with Crippen molar-refractivity contribution in [3.63, 3.8) is 0 Å². The molecule has 0 aliphatic rings. The van der Waals surface area contributed by atoms with Crippen LogP contribution in [0.3, 0.4) is 0 Å². The quantitative estimate of drug-likeness (QED) is 0.133. The van der Waals surface area contributed by atoms with Crippen LogP contribution in [0.4, 0.5) is 5.69 Å². The Morgan fingerprint density at radius 1 is 0.917 bits per heavy atom. The minimum atomic E-state index is -4.26. The van der Waals surface area contributed by atoms with E-state index in [1.165, 1.54) is 17.0 Å². The summed E-state index contributed by atoms with van der Waals surface area (Å²) in [6, 6.07) is 25.9. The molecule has 12 heteroatoms. The number of hydrogen-bond donors (Lipinski definition) is 1. The summed E-state index contributed by atoms with van der Waals surface area (Å²) in [6.45, 7) is 5.96. The maximum Gasteiger partial charge on any atom is 0.264 e. The van der Waals surface area contributed by atoms with Crippen LogP contribution < -0.4 is 14.4 Å². The van der Waals surface area contributed by atoms with Gasteiger partial charge < -0.3 is 15.0 Å². The number of amides is 2. The molecular formula is C36H38BrCl2N3O5S. The van der Waals surface area contributed by atoms with Crippen molar-refractivity contribution >= 4 is 66.7 Å². The van der Waals surface area contributed by atoms with E-state index in [2.05, 4.69) is 21.2 Å². The predicted molar refractivity (Wildman–Crippen MR) is 195 cm³/mol. The molecule has 1 N–H and O–H groups in total. The minimum absolute atomic E-state index is 0.00445. The zero-order valence-electron chi connectivity index (χ0n) is 26.9. The molecule has 0 spiro atoms. The first-order valence-corrected chi connectivity index (χ1v) is 18.4. The van der Waals surface area contributed by atoms with Gasteiger partial charge in [-0.1, -0.05) is 89.4 Å². The Balaban J connectivity index is 1.82. The Morgan fingerprint density at radius 2 is 1.58 bits per heavy atom. The molecule has 0 heterocycles. The lowest BCUT2D eigenvalue weighted by molar-refractivity contribution is -0.140. The second-order valence-corrected chi connectivity index (χ2v) is 15.1. The van der Waals surface area contributed by atoms with Gasteiger partial charge >= 0.3 is 0 Å². The van der Waals surface area contributed by atoms with Crippen LogP contribution in [-0.4, -0.2) is 50.9 Å². The lowest BCUT2D eigenvalue weighted by Gasteiger charge is -2.34. The van der Waals surface area contributed by atoms with Crippen LogP contribution in [0, 0.1) is 5.92 Å². The first kappa shape index (κ1) is 37.3. The van der Waals surface area contributed by atoms with Crippen LogP contribution >= 0.6 is 39.1 Å². The number of hydrogen-bond acceptors (Lipinski definition) is 5.